The van der Waals surface area contributed by atoms with Crippen molar-refractivity contribution >= 4 is 11.6 Å². The maximum atomic E-state index is 10.2. The molecule has 1 aliphatic rings. The van der Waals surface area contributed by atoms with Crippen molar-refractivity contribution in [2.75, 3.05) is 34.0 Å². The first-order chi connectivity index (χ1) is 9.59. The summed E-state index contributed by atoms with van der Waals surface area (Å²) in [4.78, 5) is 0. The van der Waals surface area contributed by atoms with Gasteiger partial charge in [0.1, 0.15) is 5.60 Å². The zero-order valence-electron chi connectivity index (χ0n) is 11.7. The number of rotatable bonds is 6. The quantitative estimate of drug-likeness (QED) is 0.836. The molecule has 0 spiro atoms. The van der Waals surface area contributed by atoms with E-state index in [1.54, 1.807) is 14.2 Å². The van der Waals surface area contributed by atoms with Gasteiger partial charge in [-0.1, -0.05) is 17.7 Å². The molecule has 1 unspecified atom stereocenters. The number of halogens is 1. The Labute approximate surface area is 123 Å². The summed E-state index contributed by atoms with van der Waals surface area (Å²) < 4.78 is 15.6. The fourth-order valence-electron chi connectivity index (χ4n) is 2.23. The van der Waals surface area contributed by atoms with Crippen LogP contribution in [0, 0.1) is 0 Å². The predicted molar refractivity (Wildman–Crippen MR) is 76.6 cm³/mol. The van der Waals surface area contributed by atoms with Gasteiger partial charge in [-0.25, -0.2) is 0 Å². The topological polar surface area (TPSA) is 60.0 Å². The van der Waals surface area contributed by atoms with Crippen molar-refractivity contribution in [3.05, 3.63) is 22.7 Å². The molecule has 0 saturated carbocycles. The summed E-state index contributed by atoms with van der Waals surface area (Å²) in [7, 11) is 3.13. The molecular formula is C14H20ClNO4. The number of benzene rings is 1. The number of ether oxygens (including phenoxy) is 3. The minimum absolute atomic E-state index is 0.375. The summed E-state index contributed by atoms with van der Waals surface area (Å²) in [6, 6.07) is 3.70. The normalized spacial score (nSPS) is 22.0. The Morgan fingerprint density at radius 1 is 1.40 bits per heavy atom. The molecule has 1 atom stereocenters. The van der Waals surface area contributed by atoms with Crippen molar-refractivity contribution in [2.45, 2.75) is 18.6 Å². The van der Waals surface area contributed by atoms with Gasteiger partial charge in [0.2, 0.25) is 0 Å². The SMILES string of the molecule is COc1ccc(CNCC2(O)CCOC2)c(Cl)c1OC. The van der Waals surface area contributed by atoms with Gasteiger partial charge in [-0.3, -0.25) is 0 Å². The van der Waals surface area contributed by atoms with Gasteiger partial charge in [-0.05, 0) is 11.6 Å². The predicted octanol–water partition coefficient (Wildman–Crippen LogP) is 1.60. The van der Waals surface area contributed by atoms with Crippen LogP contribution < -0.4 is 14.8 Å². The Morgan fingerprint density at radius 3 is 2.80 bits per heavy atom. The molecule has 1 aromatic carbocycles. The van der Waals surface area contributed by atoms with Crippen molar-refractivity contribution in [1.29, 1.82) is 0 Å². The monoisotopic (exact) mass is 301 g/mol. The fraction of sp³-hybridized carbons (Fsp3) is 0.571. The van der Waals surface area contributed by atoms with E-state index in [2.05, 4.69) is 5.32 Å². The van der Waals surface area contributed by atoms with Crippen LogP contribution in [0.1, 0.15) is 12.0 Å². The largest absolute Gasteiger partial charge is 0.493 e. The minimum Gasteiger partial charge on any atom is -0.493 e. The molecule has 0 bridgehead atoms. The molecule has 1 aliphatic heterocycles. The molecule has 2 rings (SSSR count). The highest BCUT2D eigenvalue weighted by Crippen LogP contribution is 2.37. The first kappa shape index (κ1) is 15.4. The lowest BCUT2D eigenvalue weighted by Gasteiger charge is -2.21. The number of hydrogen-bond acceptors (Lipinski definition) is 5. The van der Waals surface area contributed by atoms with Crippen LogP contribution in [0.2, 0.25) is 5.02 Å². The van der Waals surface area contributed by atoms with Gasteiger partial charge in [0.05, 0.1) is 25.8 Å². The molecule has 6 heteroatoms. The second kappa shape index (κ2) is 6.63. The Hall–Kier alpha value is -1.01. The third kappa shape index (κ3) is 3.35. The summed E-state index contributed by atoms with van der Waals surface area (Å²) in [5.41, 5.74) is 0.120. The summed E-state index contributed by atoms with van der Waals surface area (Å²) >= 11 is 6.29. The molecule has 112 valence electrons. The van der Waals surface area contributed by atoms with Crippen molar-refractivity contribution in [2.24, 2.45) is 0 Å². The zero-order valence-corrected chi connectivity index (χ0v) is 12.5. The summed E-state index contributed by atoms with van der Waals surface area (Å²) in [5, 5.41) is 13.9. The molecule has 1 fully saturated rings. The summed E-state index contributed by atoms with van der Waals surface area (Å²) in [5.74, 6) is 1.13. The third-order valence-corrected chi connectivity index (χ3v) is 3.83. The fourth-order valence-corrected chi connectivity index (χ4v) is 2.53. The minimum atomic E-state index is -0.775. The molecular weight excluding hydrogens is 282 g/mol. The maximum Gasteiger partial charge on any atom is 0.179 e. The molecule has 5 nitrogen and oxygen atoms in total. The molecule has 20 heavy (non-hydrogen) atoms. The van der Waals surface area contributed by atoms with E-state index >= 15 is 0 Å². The smallest absolute Gasteiger partial charge is 0.179 e. The van der Waals surface area contributed by atoms with Crippen LogP contribution in [0.4, 0.5) is 0 Å². The molecule has 1 aromatic rings. The third-order valence-electron chi connectivity index (χ3n) is 3.42. The van der Waals surface area contributed by atoms with E-state index in [0.29, 0.717) is 49.2 Å². The van der Waals surface area contributed by atoms with Gasteiger partial charge in [0.25, 0.3) is 0 Å². The van der Waals surface area contributed by atoms with E-state index in [1.807, 2.05) is 12.1 Å². The standard InChI is InChI=1S/C14H20ClNO4/c1-18-11-4-3-10(12(15)13(11)19-2)7-16-8-14(17)5-6-20-9-14/h3-4,16-17H,5-9H2,1-2H3. The van der Waals surface area contributed by atoms with Gasteiger partial charge in [-0.15, -0.1) is 0 Å². The Balaban J connectivity index is 1.99. The first-order valence-corrected chi connectivity index (χ1v) is 6.87. The highest BCUT2D eigenvalue weighted by Gasteiger charge is 2.31. The second-order valence-electron chi connectivity index (χ2n) is 4.90. The highest BCUT2D eigenvalue weighted by atomic mass is 35.5. The van der Waals surface area contributed by atoms with Crippen molar-refractivity contribution in [3.8, 4) is 11.5 Å². The lowest BCUT2D eigenvalue weighted by molar-refractivity contribution is 0.0268. The Kier molecular flexibility index (Phi) is 5.10. The average Bonchev–Trinajstić information content (AvgIpc) is 2.87. The molecule has 0 aromatic heterocycles. The number of nitrogens with one attached hydrogen (secondary N) is 1. The van der Waals surface area contributed by atoms with Gasteiger partial charge < -0.3 is 24.6 Å². The molecule has 0 aliphatic carbocycles. The Morgan fingerprint density at radius 2 is 2.20 bits per heavy atom. The van der Waals surface area contributed by atoms with Crippen LogP contribution in [0.5, 0.6) is 11.5 Å². The van der Waals surface area contributed by atoms with Crippen LogP contribution in [0.3, 0.4) is 0 Å². The van der Waals surface area contributed by atoms with Crippen LogP contribution in [0.25, 0.3) is 0 Å². The van der Waals surface area contributed by atoms with Crippen molar-refractivity contribution < 1.29 is 19.3 Å². The molecule has 0 radical (unpaired) electrons. The van der Waals surface area contributed by atoms with Gasteiger partial charge in [0, 0.05) is 26.1 Å². The van der Waals surface area contributed by atoms with Crippen LogP contribution in [-0.4, -0.2) is 44.7 Å². The van der Waals surface area contributed by atoms with Crippen LogP contribution in [0.15, 0.2) is 12.1 Å². The number of aliphatic hydroxyl groups is 1. The first-order valence-electron chi connectivity index (χ1n) is 6.50. The highest BCUT2D eigenvalue weighted by molar-refractivity contribution is 6.33. The van der Waals surface area contributed by atoms with Crippen molar-refractivity contribution in [1.82, 2.24) is 5.32 Å². The lowest BCUT2D eigenvalue weighted by Crippen LogP contribution is -2.40. The molecule has 1 heterocycles. The second-order valence-corrected chi connectivity index (χ2v) is 5.28. The summed E-state index contributed by atoms with van der Waals surface area (Å²) in [6.45, 7) is 1.99. The van der Waals surface area contributed by atoms with Crippen LogP contribution >= 0.6 is 11.6 Å². The van der Waals surface area contributed by atoms with E-state index in [4.69, 9.17) is 25.8 Å². The van der Waals surface area contributed by atoms with Gasteiger partial charge >= 0.3 is 0 Å². The number of hydrogen-bond donors (Lipinski definition) is 2. The van der Waals surface area contributed by atoms with E-state index in [0.717, 1.165) is 5.56 Å². The van der Waals surface area contributed by atoms with E-state index in [1.165, 1.54) is 0 Å². The molecule has 2 N–H and O–H groups in total. The van der Waals surface area contributed by atoms with E-state index in [-0.39, 0.29) is 0 Å². The van der Waals surface area contributed by atoms with E-state index in [9.17, 15) is 5.11 Å². The summed E-state index contributed by atoms with van der Waals surface area (Å²) in [6.07, 6.45) is 0.652. The average molecular weight is 302 g/mol. The maximum absolute atomic E-state index is 10.2. The van der Waals surface area contributed by atoms with E-state index < -0.39 is 5.60 Å². The lowest BCUT2D eigenvalue weighted by atomic mass is 10.0. The Bertz CT molecular complexity index is 461. The van der Waals surface area contributed by atoms with Crippen molar-refractivity contribution in [3.63, 3.8) is 0 Å². The zero-order chi connectivity index (χ0) is 14.6. The molecule has 0 amide bonds. The van der Waals surface area contributed by atoms with Crippen LogP contribution in [-0.2, 0) is 11.3 Å². The van der Waals surface area contributed by atoms with Gasteiger partial charge in [0.15, 0.2) is 11.5 Å². The number of methoxy groups -OCH3 is 2. The molecule has 1 saturated heterocycles. The van der Waals surface area contributed by atoms with Gasteiger partial charge in [-0.2, -0.15) is 0 Å².